The molecule has 142 valence electrons. The van der Waals surface area contributed by atoms with Crippen LogP contribution in [0.1, 0.15) is 90.5 Å². The molecule has 0 radical (unpaired) electrons. The van der Waals surface area contributed by atoms with Crippen LogP contribution in [0.4, 0.5) is 0 Å². The minimum atomic E-state index is 0.277. The van der Waals surface area contributed by atoms with Crippen LogP contribution in [0.2, 0.25) is 0 Å². The number of unbranched alkanes of at least 4 members (excludes halogenated alkanes) is 6. The molecular weight excluding hydrogens is 316 g/mol. The maximum Gasteiger partial charge on any atom is 0.0886 e. The first kappa shape index (κ1) is 20.6. The summed E-state index contributed by atoms with van der Waals surface area (Å²) in [5.74, 6) is 0. The lowest BCUT2D eigenvalue weighted by atomic mass is 9.72. The highest BCUT2D eigenvalue weighted by Crippen LogP contribution is 2.37. The third kappa shape index (κ3) is 5.65. The Hall–Kier alpha value is -1.70. The number of hydrogen-bond donors (Lipinski definition) is 0. The number of rotatable bonds is 12. The summed E-state index contributed by atoms with van der Waals surface area (Å²) in [6.07, 6.45) is 17.2. The van der Waals surface area contributed by atoms with Crippen molar-refractivity contribution in [3.05, 3.63) is 48.3 Å². The molecule has 2 nitrogen and oxygen atoms in total. The van der Waals surface area contributed by atoms with E-state index in [1.165, 1.54) is 69.8 Å². The molecule has 0 spiro atoms. The van der Waals surface area contributed by atoms with Gasteiger partial charge in [-0.05, 0) is 48.4 Å². The van der Waals surface area contributed by atoms with Crippen molar-refractivity contribution in [2.75, 3.05) is 0 Å². The highest BCUT2D eigenvalue weighted by Gasteiger charge is 2.28. The van der Waals surface area contributed by atoms with Gasteiger partial charge in [0.05, 0.1) is 11.4 Å². The summed E-state index contributed by atoms with van der Waals surface area (Å²) in [7, 11) is 0. The zero-order chi connectivity index (χ0) is 18.7. The fourth-order valence-electron chi connectivity index (χ4n) is 3.95. The van der Waals surface area contributed by atoms with Crippen LogP contribution in [0.3, 0.4) is 0 Å². The second-order valence-corrected chi connectivity index (χ2v) is 7.51. The van der Waals surface area contributed by atoms with Crippen LogP contribution in [0, 0.1) is 0 Å². The highest BCUT2D eigenvalue weighted by atomic mass is 14.8. The average molecular weight is 353 g/mol. The van der Waals surface area contributed by atoms with E-state index < -0.39 is 0 Å². The van der Waals surface area contributed by atoms with E-state index in [1.54, 1.807) is 0 Å². The topological polar surface area (TPSA) is 25.8 Å². The fraction of sp³-hybridized carbons (Fsp3) is 0.583. The summed E-state index contributed by atoms with van der Waals surface area (Å²) in [6.45, 7) is 6.94. The molecule has 2 aromatic rings. The molecular formula is C24H36N2. The third-order valence-electron chi connectivity index (χ3n) is 5.92. The van der Waals surface area contributed by atoms with Gasteiger partial charge in [0.2, 0.25) is 0 Å². The van der Waals surface area contributed by atoms with Crippen molar-refractivity contribution in [1.82, 2.24) is 9.97 Å². The van der Waals surface area contributed by atoms with Crippen molar-refractivity contribution in [2.45, 2.75) is 90.4 Å². The molecule has 2 aromatic heterocycles. The molecule has 0 atom stereocenters. The van der Waals surface area contributed by atoms with Crippen LogP contribution in [0.15, 0.2) is 42.7 Å². The van der Waals surface area contributed by atoms with Crippen molar-refractivity contribution >= 4 is 0 Å². The number of aromatic nitrogens is 2. The summed E-state index contributed by atoms with van der Waals surface area (Å²) in [5, 5.41) is 0. The number of nitrogens with zero attached hydrogens (tertiary/aromatic N) is 2. The lowest BCUT2D eigenvalue weighted by Crippen LogP contribution is -2.24. The smallest absolute Gasteiger partial charge is 0.0886 e. The van der Waals surface area contributed by atoms with Gasteiger partial charge in [-0.1, -0.05) is 77.8 Å². The molecule has 26 heavy (non-hydrogen) atoms. The van der Waals surface area contributed by atoms with Crippen LogP contribution >= 0.6 is 0 Å². The fourth-order valence-corrected chi connectivity index (χ4v) is 3.95. The second kappa shape index (κ2) is 11.1. The van der Waals surface area contributed by atoms with E-state index in [-0.39, 0.29) is 5.41 Å². The Bertz CT molecular complexity index is 600. The first-order valence-electron chi connectivity index (χ1n) is 10.6. The summed E-state index contributed by atoms with van der Waals surface area (Å²) >= 11 is 0. The van der Waals surface area contributed by atoms with E-state index in [2.05, 4.69) is 44.1 Å². The molecule has 0 aromatic carbocycles. The molecule has 0 amide bonds. The lowest BCUT2D eigenvalue weighted by Gasteiger charge is -2.32. The first-order valence-corrected chi connectivity index (χ1v) is 10.6. The van der Waals surface area contributed by atoms with Crippen molar-refractivity contribution in [3.63, 3.8) is 0 Å². The zero-order valence-corrected chi connectivity index (χ0v) is 17.0. The standard InChI is InChI=1S/C24H36N2/c1-4-7-8-9-10-11-13-18-24(5-2,6-3)21-16-17-23(26-20-21)22-15-12-14-19-25-22/h12,14-17,19-20H,4-11,13,18H2,1-3H3. The summed E-state index contributed by atoms with van der Waals surface area (Å²) in [6, 6.07) is 10.4. The summed E-state index contributed by atoms with van der Waals surface area (Å²) in [4.78, 5) is 9.14. The Kier molecular flexibility index (Phi) is 8.80. The number of pyridine rings is 2. The van der Waals surface area contributed by atoms with Crippen LogP contribution in [0.25, 0.3) is 11.4 Å². The van der Waals surface area contributed by atoms with Crippen molar-refractivity contribution < 1.29 is 0 Å². The molecule has 0 aliphatic rings. The lowest BCUT2D eigenvalue weighted by molar-refractivity contribution is 0.347. The maximum atomic E-state index is 4.73. The molecule has 2 rings (SSSR count). The van der Waals surface area contributed by atoms with Gasteiger partial charge in [-0.25, -0.2) is 0 Å². The van der Waals surface area contributed by atoms with Gasteiger partial charge in [0.1, 0.15) is 0 Å². The van der Waals surface area contributed by atoms with Gasteiger partial charge < -0.3 is 0 Å². The van der Waals surface area contributed by atoms with Gasteiger partial charge in [-0.15, -0.1) is 0 Å². The normalized spacial score (nSPS) is 11.7. The van der Waals surface area contributed by atoms with Gasteiger partial charge in [0.15, 0.2) is 0 Å². The van der Waals surface area contributed by atoms with Gasteiger partial charge in [0, 0.05) is 12.4 Å². The predicted molar refractivity (Wildman–Crippen MR) is 112 cm³/mol. The molecule has 0 saturated carbocycles. The predicted octanol–water partition coefficient (Wildman–Crippen LogP) is 7.34. The van der Waals surface area contributed by atoms with Crippen LogP contribution in [0.5, 0.6) is 0 Å². The quantitative estimate of drug-likeness (QED) is 0.373. The Morgan fingerprint density at radius 2 is 1.42 bits per heavy atom. The highest BCUT2D eigenvalue weighted by molar-refractivity contribution is 5.53. The van der Waals surface area contributed by atoms with Crippen molar-refractivity contribution in [2.24, 2.45) is 0 Å². The molecule has 2 heterocycles. The van der Waals surface area contributed by atoms with E-state index in [1.807, 2.05) is 24.4 Å². The van der Waals surface area contributed by atoms with E-state index in [4.69, 9.17) is 4.98 Å². The van der Waals surface area contributed by atoms with E-state index in [0.29, 0.717) is 0 Å². The summed E-state index contributed by atoms with van der Waals surface area (Å²) < 4.78 is 0. The second-order valence-electron chi connectivity index (χ2n) is 7.51. The number of hydrogen-bond acceptors (Lipinski definition) is 2. The maximum absolute atomic E-state index is 4.73. The summed E-state index contributed by atoms with van der Waals surface area (Å²) in [5.41, 5.74) is 3.59. The van der Waals surface area contributed by atoms with Gasteiger partial charge in [0.25, 0.3) is 0 Å². The zero-order valence-electron chi connectivity index (χ0n) is 17.0. The van der Waals surface area contributed by atoms with E-state index in [9.17, 15) is 0 Å². The largest absolute Gasteiger partial charge is 0.255 e. The molecule has 0 N–H and O–H groups in total. The molecule has 0 unspecified atom stereocenters. The van der Waals surface area contributed by atoms with Crippen LogP contribution in [-0.4, -0.2) is 9.97 Å². The molecule has 0 bridgehead atoms. The molecule has 0 saturated heterocycles. The average Bonchev–Trinajstić information content (AvgIpc) is 2.71. The Morgan fingerprint density at radius 1 is 0.731 bits per heavy atom. The van der Waals surface area contributed by atoms with Crippen LogP contribution < -0.4 is 0 Å². The molecule has 0 fully saturated rings. The molecule has 2 heteroatoms. The first-order chi connectivity index (χ1) is 12.8. The molecule has 0 aliphatic carbocycles. The van der Waals surface area contributed by atoms with Crippen molar-refractivity contribution in [3.8, 4) is 11.4 Å². The van der Waals surface area contributed by atoms with Crippen LogP contribution in [-0.2, 0) is 5.41 Å². The van der Waals surface area contributed by atoms with Gasteiger partial charge in [-0.3, -0.25) is 9.97 Å². The Balaban J connectivity index is 1.97. The van der Waals surface area contributed by atoms with E-state index >= 15 is 0 Å². The molecule has 0 aliphatic heterocycles. The third-order valence-corrected chi connectivity index (χ3v) is 5.92. The van der Waals surface area contributed by atoms with Gasteiger partial charge >= 0.3 is 0 Å². The SMILES string of the molecule is CCCCCCCCCC(CC)(CC)c1ccc(-c2ccccn2)nc1. The van der Waals surface area contributed by atoms with E-state index in [0.717, 1.165) is 11.4 Å². The minimum Gasteiger partial charge on any atom is -0.255 e. The minimum absolute atomic E-state index is 0.277. The van der Waals surface area contributed by atoms with Crippen molar-refractivity contribution in [1.29, 1.82) is 0 Å². The monoisotopic (exact) mass is 352 g/mol. The van der Waals surface area contributed by atoms with Gasteiger partial charge in [-0.2, -0.15) is 0 Å². The Labute approximate surface area is 160 Å². The Morgan fingerprint density at radius 3 is 2.00 bits per heavy atom.